The first-order valence-electron chi connectivity index (χ1n) is 8.63. The monoisotopic (exact) mass is 366 g/mol. The molecule has 3 saturated carbocycles. The molecule has 0 aromatic rings. The molecule has 24 heavy (non-hydrogen) atoms. The third kappa shape index (κ3) is 2.37. The molecule has 5 nitrogen and oxygen atoms in total. The Kier molecular flexibility index (Phi) is 4.50. The predicted octanol–water partition coefficient (Wildman–Crippen LogP) is 4.11. The molecule has 3 aliphatic carbocycles. The molecule has 0 aromatic heterocycles. The smallest absolute Gasteiger partial charge is 0.401 e. The number of halogens is 2. The van der Waals surface area contributed by atoms with Gasteiger partial charge < -0.3 is 18.4 Å². The lowest BCUT2D eigenvalue weighted by atomic mass is 9.43. The molecule has 0 N–H and O–H groups in total. The van der Waals surface area contributed by atoms with Gasteiger partial charge in [-0.3, -0.25) is 4.57 Å². The molecule has 4 fully saturated rings. The van der Waals surface area contributed by atoms with E-state index in [0.29, 0.717) is 12.3 Å². The zero-order valence-electron chi connectivity index (χ0n) is 14.9. The van der Waals surface area contributed by atoms with E-state index in [4.69, 9.17) is 18.4 Å². The van der Waals surface area contributed by atoms with Crippen LogP contribution in [0.5, 0.6) is 0 Å². The Morgan fingerprint density at radius 3 is 2.29 bits per heavy atom. The molecule has 0 spiro atoms. The van der Waals surface area contributed by atoms with Crippen LogP contribution in [0.25, 0.3) is 0 Å². The van der Waals surface area contributed by atoms with E-state index < -0.39 is 32.0 Å². The molecule has 1 saturated heterocycles. The van der Waals surface area contributed by atoms with Crippen molar-refractivity contribution in [1.29, 1.82) is 0 Å². The molecular formula is C15H26BF2O5P. The van der Waals surface area contributed by atoms with Crippen LogP contribution in [-0.4, -0.2) is 37.6 Å². The largest absolute Gasteiger partial charge is 0.551 e. The van der Waals surface area contributed by atoms with Gasteiger partial charge in [0.05, 0.1) is 24.9 Å². The number of rotatable bonds is 6. The highest BCUT2D eigenvalue weighted by molar-refractivity contribution is 7.57. The minimum absolute atomic E-state index is 0.0440. The highest BCUT2D eigenvalue weighted by Crippen LogP contribution is 2.69. The summed E-state index contributed by atoms with van der Waals surface area (Å²) in [4.78, 5) is 0. The maximum Gasteiger partial charge on any atom is 0.551 e. The summed E-state index contributed by atoms with van der Waals surface area (Å²) in [5.74, 6) is 0.593. The van der Waals surface area contributed by atoms with Crippen molar-refractivity contribution in [3.05, 3.63) is 0 Å². The van der Waals surface area contributed by atoms with Crippen molar-refractivity contribution in [1.82, 2.24) is 0 Å². The van der Waals surface area contributed by atoms with E-state index in [-0.39, 0.29) is 24.5 Å². The van der Waals surface area contributed by atoms with Crippen molar-refractivity contribution in [3.8, 4) is 0 Å². The Morgan fingerprint density at radius 2 is 1.79 bits per heavy atom. The van der Waals surface area contributed by atoms with Gasteiger partial charge >= 0.3 is 20.3 Å². The van der Waals surface area contributed by atoms with E-state index in [1.165, 1.54) is 13.8 Å². The van der Waals surface area contributed by atoms with Gasteiger partial charge in [-0.1, -0.05) is 13.8 Å². The molecule has 4 aliphatic rings. The van der Waals surface area contributed by atoms with E-state index in [2.05, 4.69) is 13.8 Å². The third-order valence-electron chi connectivity index (χ3n) is 6.20. The zero-order valence-corrected chi connectivity index (χ0v) is 15.8. The molecule has 0 amide bonds. The first-order chi connectivity index (χ1) is 11.0. The van der Waals surface area contributed by atoms with Gasteiger partial charge in [-0.2, -0.15) is 8.78 Å². The summed E-state index contributed by atoms with van der Waals surface area (Å²) < 4.78 is 63.4. The summed E-state index contributed by atoms with van der Waals surface area (Å²) in [7, 11) is -6.59. The predicted molar refractivity (Wildman–Crippen MR) is 85.9 cm³/mol. The normalized spacial score (nSPS) is 38.0. The van der Waals surface area contributed by atoms with E-state index in [1.54, 1.807) is 0 Å². The van der Waals surface area contributed by atoms with Crippen molar-refractivity contribution < 1.29 is 31.7 Å². The Bertz CT molecular complexity index is 550. The zero-order chi connectivity index (χ0) is 18.0. The molecule has 0 unspecified atom stereocenters. The molecule has 9 heteroatoms. The highest BCUT2D eigenvalue weighted by Gasteiger charge is 2.75. The van der Waals surface area contributed by atoms with E-state index in [0.717, 1.165) is 6.42 Å². The molecule has 0 radical (unpaired) electrons. The number of hydrogen-bond donors (Lipinski definition) is 0. The number of alkyl halides is 2. The van der Waals surface area contributed by atoms with Gasteiger partial charge in [0.15, 0.2) is 0 Å². The summed E-state index contributed by atoms with van der Waals surface area (Å²) in [6.07, 6.45) is 1.22. The van der Waals surface area contributed by atoms with Gasteiger partial charge in [0.25, 0.3) is 0 Å². The SMILES string of the molecule is CCOP(=O)(OCC)C(F)(F)B1O[C@H]2C[C@H]3C[C@H](C3(C)C)[C@@]2(C)O1. The van der Waals surface area contributed by atoms with Crippen LogP contribution in [0.1, 0.15) is 47.5 Å². The Balaban J connectivity index is 1.85. The second-order valence-electron chi connectivity index (χ2n) is 7.72. The molecule has 138 valence electrons. The van der Waals surface area contributed by atoms with Crippen LogP contribution in [-0.2, 0) is 22.9 Å². The topological polar surface area (TPSA) is 54.0 Å². The molecular weight excluding hydrogens is 340 g/mol. The van der Waals surface area contributed by atoms with E-state index in [1.807, 2.05) is 6.92 Å². The standard InChI is InChI=1S/C15H26BF2O5P/c1-6-20-24(19,21-7-2)15(17,18)16-22-12-9-10-8-11(13(10,3)4)14(12,5)23-16/h10-12H,6-9H2,1-5H3/t10-,11-,12+,14-/m1/s1. The van der Waals surface area contributed by atoms with Crippen LogP contribution in [0.4, 0.5) is 8.78 Å². The lowest BCUT2D eigenvalue weighted by molar-refractivity contribution is -0.199. The van der Waals surface area contributed by atoms with Gasteiger partial charge in [0, 0.05) is 0 Å². The van der Waals surface area contributed by atoms with Gasteiger partial charge in [0.1, 0.15) is 0 Å². The quantitative estimate of drug-likeness (QED) is 0.523. The summed E-state index contributed by atoms with van der Waals surface area (Å²) in [6.45, 7) is 8.84. The Hall–Kier alpha value is -0.00506. The van der Waals surface area contributed by atoms with E-state index >= 15 is 0 Å². The lowest BCUT2D eigenvalue weighted by Crippen LogP contribution is -2.65. The Morgan fingerprint density at radius 1 is 1.21 bits per heavy atom. The van der Waals surface area contributed by atoms with Crippen molar-refractivity contribution in [3.63, 3.8) is 0 Å². The van der Waals surface area contributed by atoms with Crippen LogP contribution in [0.2, 0.25) is 0 Å². The summed E-state index contributed by atoms with van der Waals surface area (Å²) >= 11 is 0. The van der Waals surface area contributed by atoms with Crippen LogP contribution >= 0.6 is 7.60 Å². The first kappa shape index (κ1) is 18.8. The maximum atomic E-state index is 14.9. The van der Waals surface area contributed by atoms with E-state index in [9.17, 15) is 13.3 Å². The molecule has 4 rings (SSSR count). The molecule has 0 aromatic carbocycles. The molecule has 4 atom stereocenters. The minimum Gasteiger partial charge on any atom is -0.401 e. The fourth-order valence-corrected chi connectivity index (χ4v) is 6.16. The van der Waals surface area contributed by atoms with Crippen LogP contribution in [0.15, 0.2) is 0 Å². The average Bonchev–Trinajstić information content (AvgIpc) is 2.84. The summed E-state index contributed by atoms with van der Waals surface area (Å²) in [6, 6.07) is 0. The second-order valence-corrected chi connectivity index (χ2v) is 9.83. The summed E-state index contributed by atoms with van der Waals surface area (Å²) in [5.41, 5.74) is -4.61. The fourth-order valence-electron chi connectivity index (χ4n) is 4.69. The van der Waals surface area contributed by atoms with Crippen LogP contribution in [0, 0.1) is 17.3 Å². The minimum atomic E-state index is -4.68. The number of hydrogen-bond acceptors (Lipinski definition) is 5. The molecule has 1 heterocycles. The van der Waals surface area contributed by atoms with Gasteiger partial charge in [-0.25, -0.2) is 0 Å². The van der Waals surface area contributed by atoms with Crippen molar-refractivity contribution >= 4 is 14.7 Å². The lowest BCUT2D eigenvalue weighted by Gasteiger charge is -2.64. The van der Waals surface area contributed by atoms with Crippen LogP contribution < -0.4 is 0 Å². The fraction of sp³-hybridized carbons (Fsp3) is 1.00. The summed E-state index contributed by atoms with van der Waals surface area (Å²) in [5, 5.41) is 0. The third-order valence-corrected chi connectivity index (χ3v) is 8.33. The van der Waals surface area contributed by atoms with Gasteiger partial charge in [-0.05, 0) is 50.9 Å². The van der Waals surface area contributed by atoms with Crippen molar-refractivity contribution in [2.24, 2.45) is 17.3 Å². The van der Waals surface area contributed by atoms with Crippen molar-refractivity contribution in [2.45, 2.75) is 64.7 Å². The van der Waals surface area contributed by atoms with Gasteiger partial charge in [-0.15, -0.1) is 0 Å². The van der Waals surface area contributed by atoms with Gasteiger partial charge in [0.2, 0.25) is 0 Å². The Labute approximate surface area is 142 Å². The second kappa shape index (κ2) is 5.75. The molecule has 2 bridgehead atoms. The maximum absolute atomic E-state index is 14.9. The first-order valence-corrected chi connectivity index (χ1v) is 10.2. The highest BCUT2D eigenvalue weighted by atomic mass is 31.2. The molecule has 1 aliphatic heterocycles. The van der Waals surface area contributed by atoms with Crippen LogP contribution in [0.3, 0.4) is 0 Å². The average molecular weight is 366 g/mol. The van der Waals surface area contributed by atoms with Crippen molar-refractivity contribution in [2.75, 3.05) is 13.2 Å².